The van der Waals surface area contributed by atoms with E-state index in [1.165, 1.54) is 27.8 Å². The number of anilines is 4. The summed E-state index contributed by atoms with van der Waals surface area (Å²) in [5.74, 6) is 0. The summed E-state index contributed by atoms with van der Waals surface area (Å²) >= 11 is 0. The van der Waals surface area contributed by atoms with Crippen molar-refractivity contribution in [3.63, 3.8) is 0 Å². The van der Waals surface area contributed by atoms with E-state index >= 15 is 0 Å². The molecule has 0 aliphatic heterocycles. The third-order valence-electron chi connectivity index (χ3n) is 6.75. The molecule has 0 aliphatic carbocycles. The van der Waals surface area contributed by atoms with Crippen LogP contribution in [0.25, 0.3) is 33.4 Å². The number of rotatable bonds is 6. The molecule has 4 N–H and O–H groups in total. The van der Waals surface area contributed by atoms with Crippen molar-refractivity contribution < 1.29 is 0 Å². The first kappa shape index (κ1) is 24.0. The molecule has 0 aliphatic rings. The summed E-state index contributed by atoms with van der Waals surface area (Å²) < 4.78 is 0. The van der Waals surface area contributed by atoms with Crippen LogP contribution >= 0.6 is 0 Å². The van der Waals surface area contributed by atoms with Crippen molar-refractivity contribution in [2.45, 2.75) is 13.8 Å². The fourth-order valence-electron chi connectivity index (χ4n) is 4.54. The van der Waals surface area contributed by atoms with E-state index in [2.05, 4.69) is 109 Å². The molecule has 0 saturated carbocycles. The Labute approximate surface area is 219 Å². The molecule has 3 heteroatoms. The number of hydrogen-bond donors (Lipinski definition) is 2. The molecule has 3 nitrogen and oxygen atoms in total. The number of allylic oxidation sites excluding steroid dienone is 2. The molecule has 0 unspecified atom stereocenters. The third-order valence-corrected chi connectivity index (χ3v) is 6.75. The van der Waals surface area contributed by atoms with Gasteiger partial charge in [0.15, 0.2) is 0 Å². The first-order chi connectivity index (χ1) is 18.0. The maximum absolute atomic E-state index is 6.30. The van der Waals surface area contributed by atoms with E-state index in [0.29, 0.717) is 0 Å². The van der Waals surface area contributed by atoms with Crippen LogP contribution < -0.4 is 16.4 Å². The number of nitrogen functional groups attached to an aromatic ring is 2. The van der Waals surface area contributed by atoms with Gasteiger partial charge in [-0.25, -0.2) is 0 Å². The molecule has 0 heterocycles. The zero-order valence-electron chi connectivity index (χ0n) is 21.2. The van der Waals surface area contributed by atoms with Gasteiger partial charge in [0.1, 0.15) is 0 Å². The van der Waals surface area contributed by atoms with E-state index in [4.69, 9.17) is 11.5 Å². The van der Waals surface area contributed by atoms with Gasteiger partial charge in [0, 0.05) is 17.1 Å². The fraction of sp³-hybridized carbons (Fsp3) is 0.0588. The van der Waals surface area contributed by atoms with Crippen molar-refractivity contribution in [2.24, 2.45) is 0 Å². The molecule has 37 heavy (non-hydrogen) atoms. The van der Waals surface area contributed by atoms with E-state index in [9.17, 15) is 0 Å². The highest BCUT2D eigenvalue weighted by molar-refractivity contribution is 5.80. The molecule has 0 saturated heterocycles. The molecule has 0 bridgehead atoms. The van der Waals surface area contributed by atoms with Gasteiger partial charge in [-0.3, -0.25) is 0 Å². The molecule has 5 aromatic rings. The highest BCUT2D eigenvalue weighted by atomic mass is 15.2. The van der Waals surface area contributed by atoms with Gasteiger partial charge in [-0.15, -0.1) is 0 Å². The summed E-state index contributed by atoms with van der Waals surface area (Å²) in [6.07, 6.45) is 2.10. The van der Waals surface area contributed by atoms with Crippen molar-refractivity contribution in [1.29, 1.82) is 0 Å². The van der Waals surface area contributed by atoms with Crippen LogP contribution in [-0.2, 0) is 0 Å². The Morgan fingerprint density at radius 1 is 0.541 bits per heavy atom. The van der Waals surface area contributed by atoms with Crippen molar-refractivity contribution in [3.05, 3.63) is 133 Å². The zero-order chi connectivity index (χ0) is 25.8. The smallest absolute Gasteiger partial charge is 0.0687 e. The monoisotopic (exact) mass is 481 g/mol. The predicted molar refractivity (Wildman–Crippen MR) is 160 cm³/mol. The van der Waals surface area contributed by atoms with Crippen LogP contribution in [0.2, 0.25) is 0 Å². The summed E-state index contributed by atoms with van der Waals surface area (Å²) in [5.41, 5.74) is 23.9. The van der Waals surface area contributed by atoms with E-state index in [-0.39, 0.29) is 0 Å². The number of hydrogen-bond acceptors (Lipinski definition) is 3. The van der Waals surface area contributed by atoms with E-state index in [0.717, 1.165) is 34.0 Å². The molecule has 0 amide bonds. The molecule has 182 valence electrons. The molecule has 0 spiro atoms. The topological polar surface area (TPSA) is 55.3 Å². The van der Waals surface area contributed by atoms with Gasteiger partial charge >= 0.3 is 0 Å². The summed E-state index contributed by atoms with van der Waals surface area (Å²) in [4.78, 5) is 2.19. The van der Waals surface area contributed by atoms with E-state index in [1.807, 2.05) is 37.3 Å². The standard InChI is InChI=1S/C34H31N3/c1-3-24(2)37(34-7-5-4-6-33(34)36)32-22-18-30(19-23-32)28-14-10-26(11-15-28)25-8-12-27(13-9-25)29-16-20-31(35)21-17-29/h3-23H,35-36H2,1-2H3/b24-3+. The highest BCUT2D eigenvalue weighted by Gasteiger charge is 2.14. The lowest BCUT2D eigenvalue weighted by Crippen LogP contribution is -2.15. The van der Waals surface area contributed by atoms with Crippen molar-refractivity contribution in [2.75, 3.05) is 16.4 Å². The Morgan fingerprint density at radius 2 is 0.919 bits per heavy atom. The average molecular weight is 482 g/mol. The number of nitrogens with two attached hydrogens (primary N) is 2. The maximum atomic E-state index is 6.30. The van der Waals surface area contributed by atoms with Crippen LogP contribution in [-0.4, -0.2) is 0 Å². The predicted octanol–water partition coefficient (Wildman–Crippen LogP) is 8.91. The van der Waals surface area contributed by atoms with Crippen LogP contribution in [0.4, 0.5) is 22.7 Å². The number of para-hydroxylation sites is 2. The zero-order valence-corrected chi connectivity index (χ0v) is 21.2. The Morgan fingerprint density at radius 3 is 1.32 bits per heavy atom. The van der Waals surface area contributed by atoms with E-state index in [1.54, 1.807) is 0 Å². The number of benzene rings is 5. The largest absolute Gasteiger partial charge is 0.399 e. The van der Waals surface area contributed by atoms with Crippen LogP contribution in [0.15, 0.2) is 133 Å². The Balaban J connectivity index is 1.36. The Kier molecular flexibility index (Phi) is 6.78. The van der Waals surface area contributed by atoms with Gasteiger partial charge in [0.2, 0.25) is 0 Å². The van der Waals surface area contributed by atoms with Crippen molar-refractivity contribution in [3.8, 4) is 33.4 Å². The Hall–Kier alpha value is -4.76. The second-order valence-electron chi connectivity index (χ2n) is 9.15. The minimum absolute atomic E-state index is 0.755. The third kappa shape index (κ3) is 5.12. The normalized spacial score (nSPS) is 11.4. The van der Waals surface area contributed by atoms with Crippen LogP contribution in [0.1, 0.15) is 13.8 Å². The summed E-state index contributed by atoms with van der Waals surface area (Å²) in [7, 11) is 0. The summed E-state index contributed by atoms with van der Waals surface area (Å²) in [5, 5.41) is 0. The molecule has 5 aromatic carbocycles. The second-order valence-corrected chi connectivity index (χ2v) is 9.15. The average Bonchev–Trinajstić information content (AvgIpc) is 2.95. The van der Waals surface area contributed by atoms with Gasteiger partial charge in [-0.1, -0.05) is 91.0 Å². The second kappa shape index (κ2) is 10.5. The van der Waals surface area contributed by atoms with Crippen LogP contribution in [0, 0.1) is 0 Å². The van der Waals surface area contributed by atoms with Gasteiger partial charge in [-0.2, -0.15) is 0 Å². The van der Waals surface area contributed by atoms with Crippen molar-refractivity contribution in [1.82, 2.24) is 0 Å². The van der Waals surface area contributed by atoms with Gasteiger partial charge in [0.25, 0.3) is 0 Å². The van der Waals surface area contributed by atoms with Crippen LogP contribution in [0.3, 0.4) is 0 Å². The quantitative estimate of drug-likeness (QED) is 0.238. The number of nitrogens with zero attached hydrogens (tertiary/aromatic N) is 1. The lowest BCUT2D eigenvalue weighted by atomic mass is 9.98. The maximum Gasteiger partial charge on any atom is 0.0687 e. The molecule has 0 aromatic heterocycles. The SMILES string of the molecule is C/C=C(\C)N(c1ccc(-c2ccc(-c3ccc(-c4ccc(N)cc4)cc3)cc2)cc1)c1ccccc1N. The summed E-state index contributed by atoms with van der Waals surface area (Å²) in [6, 6.07) is 42.0. The fourth-order valence-corrected chi connectivity index (χ4v) is 4.54. The molecule has 0 fully saturated rings. The first-order valence-corrected chi connectivity index (χ1v) is 12.5. The highest BCUT2D eigenvalue weighted by Crippen LogP contribution is 2.35. The van der Waals surface area contributed by atoms with Gasteiger partial charge < -0.3 is 16.4 Å². The lowest BCUT2D eigenvalue weighted by Gasteiger charge is -2.27. The van der Waals surface area contributed by atoms with Crippen molar-refractivity contribution >= 4 is 22.7 Å². The van der Waals surface area contributed by atoms with Gasteiger partial charge in [0.05, 0.1) is 11.4 Å². The molecular weight excluding hydrogens is 450 g/mol. The summed E-state index contributed by atoms with van der Waals surface area (Å²) in [6.45, 7) is 4.14. The molecule has 0 radical (unpaired) electrons. The van der Waals surface area contributed by atoms with Crippen LogP contribution in [0.5, 0.6) is 0 Å². The minimum atomic E-state index is 0.755. The first-order valence-electron chi connectivity index (χ1n) is 12.5. The Bertz CT molecular complexity index is 1510. The minimum Gasteiger partial charge on any atom is -0.399 e. The van der Waals surface area contributed by atoms with E-state index < -0.39 is 0 Å². The molecule has 5 rings (SSSR count). The molecule has 0 atom stereocenters. The lowest BCUT2D eigenvalue weighted by molar-refractivity contribution is 1.15. The van der Waals surface area contributed by atoms with Gasteiger partial charge in [-0.05, 0) is 83.6 Å². The molecular formula is C34H31N3.